The number of methoxy groups -OCH3 is 1. The number of hydrogen-bond acceptors (Lipinski definition) is 5. The zero-order chi connectivity index (χ0) is 18.7. The molecule has 0 unspecified atom stereocenters. The number of rotatable bonds is 4. The number of carbonyl (C=O) groups is 2. The van der Waals surface area contributed by atoms with Gasteiger partial charge < -0.3 is 9.84 Å². The summed E-state index contributed by atoms with van der Waals surface area (Å²) in [6.07, 6.45) is 0.440. The molecule has 0 atom stereocenters. The Kier molecular flexibility index (Phi) is 5.06. The predicted molar refractivity (Wildman–Crippen MR) is 89.7 cm³/mol. The fraction of sp³-hybridized carbons (Fsp3) is 0.250. The monoisotopic (exact) mass is 347 g/mol. The number of aromatic nitrogens is 2. The molecule has 0 spiro atoms. The number of nitrogens with zero attached hydrogens (tertiary/aromatic N) is 3. The van der Waals surface area contributed by atoms with E-state index in [2.05, 4.69) is 4.74 Å². The standard InChI is InChI=1S/C16H17N3O6/c1-4-18-13(20)12(14(21)22)9-19(15(18)23)11-7-5-10(6-8-11)17(2)16(24)25-3/h5-9H,4H2,1-3H3,(H,21,22). The molecule has 0 aliphatic rings. The maximum Gasteiger partial charge on any atom is 0.413 e. The summed E-state index contributed by atoms with van der Waals surface area (Å²) in [6, 6.07) is 6.21. The van der Waals surface area contributed by atoms with Crippen molar-refractivity contribution >= 4 is 17.7 Å². The maximum absolute atomic E-state index is 12.4. The predicted octanol–water partition coefficient (Wildman–Crippen LogP) is 0.920. The molecule has 9 heteroatoms. The zero-order valence-electron chi connectivity index (χ0n) is 13.9. The summed E-state index contributed by atoms with van der Waals surface area (Å²) in [7, 11) is 2.78. The number of carbonyl (C=O) groups excluding carboxylic acids is 1. The Labute approximate surface area is 142 Å². The molecular weight excluding hydrogens is 330 g/mol. The largest absolute Gasteiger partial charge is 0.477 e. The van der Waals surface area contributed by atoms with Crippen molar-refractivity contribution in [1.29, 1.82) is 0 Å². The van der Waals surface area contributed by atoms with E-state index in [-0.39, 0.29) is 6.54 Å². The first-order valence-electron chi connectivity index (χ1n) is 7.33. The highest BCUT2D eigenvalue weighted by Gasteiger charge is 2.17. The summed E-state index contributed by atoms with van der Waals surface area (Å²) in [5.74, 6) is -1.41. The van der Waals surface area contributed by atoms with Gasteiger partial charge in [0.2, 0.25) is 0 Å². The number of carboxylic acids is 1. The lowest BCUT2D eigenvalue weighted by Gasteiger charge is -2.16. The topological polar surface area (TPSA) is 111 Å². The van der Waals surface area contributed by atoms with Crippen molar-refractivity contribution in [3.05, 3.63) is 56.9 Å². The quantitative estimate of drug-likeness (QED) is 0.880. The lowest BCUT2D eigenvalue weighted by molar-refractivity contribution is 0.0693. The normalized spacial score (nSPS) is 10.4. The number of amides is 1. The van der Waals surface area contributed by atoms with Crippen LogP contribution in [0.3, 0.4) is 0 Å². The van der Waals surface area contributed by atoms with Crippen molar-refractivity contribution in [2.75, 3.05) is 19.1 Å². The van der Waals surface area contributed by atoms with Gasteiger partial charge in [0.05, 0.1) is 12.8 Å². The van der Waals surface area contributed by atoms with Crippen LogP contribution in [0.25, 0.3) is 5.69 Å². The van der Waals surface area contributed by atoms with Gasteiger partial charge in [0, 0.05) is 25.5 Å². The Morgan fingerprint density at radius 3 is 2.28 bits per heavy atom. The van der Waals surface area contributed by atoms with E-state index in [9.17, 15) is 19.2 Å². The van der Waals surface area contributed by atoms with E-state index in [0.29, 0.717) is 11.4 Å². The molecule has 132 valence electrons. The summed E-state index contributed by atoms with van der Waals surface area (Å²) in [4.78, 5) is 48.4. The molecule has 0 aliphatic heterocycles. The summed E-state index contributed by atoms with van der Waals surface area (Å²) in [5, 5.41) is 9.17. The third kappa shape index (κ3) is 3.30. The van der Waals surface area contributed by atoms with Gasteiger partial charge in [-0.25, -0.2) is 14.4 Å². The van der Waals surface area contributed by atoms with E-state index in [4.69, 9.17) is 5.11 Å². The average Bonchev–Trinajstić information content (AvgIpc) is 2.61. The van der Waals surface area contributed by atoms with Crippen molar-refractivity contribution in [2.45, 2.75) is 13.5 Å². The molecule has 0 aliphatic carbocycles. The van der Waals surface area contributed by atoms with Crippen LogP contribution >= 0.6 is 0 Å². The minimum Gasteiger partial charge on any atom is -0.477 e. The van der Waals surface area contributed by atoms with E-state index in [1.807, 2.05) is 0 Å². The molecule has 1 heterocycles. The average molecular weight is 347 g/mol. The van der Waals surface area contributed by atoms with Gasteiger partial charge in [-0.05, 0) is 31.2 Å². The molecule has 2 aromatic rings. The molecule has 1 amide bonds. The Balaban J connectivity index is 2.57. The van der Waals surface area contributed by atoms with E-state index < -0.39 is 28.9 Å². The summed E-state index contributed by atoms with van der Waals surface area (Å²) < 4.78 is 6.54. The summed E-state index contributed by atoms with van der Waals surface area (Å²) in [6.45, 7) is 1.62. The fourth-order valence-corrected chi connectivity index (χ4v) is 2.29. The highest BCUT2D eigenvalue weighted by molar-refractivity contribution is 5.87. The Morgan fingerprint density at radius 1 is 1.20 bits per heavy atom. The van der Waals surface area contributed by atoms with Gasteiger partial charge in [-0.15, -0.1) is 0 Å². The molecule has 9 nitrogen and oxygen atoms in total. The van der Waals surface area contributed by atoms with Gasteiger partial charge in [-0.3, -0.25) is 18.8 Å². The van der Waals surface area contributed by atoms with E-state index in [1.54, 1.807) is 19.1 Å². The van der Waals surface area contributed by atoms with Gasteiger partial charge in [0.15, 0.2) is 0 Å². The summed E-state index contributed by atoms with van der Waals surface area (Å²) in [5.41, 5.74) is -1.12. The number of anilines is 1. The van der Waals surface area contributed by atoms with Crippen LogP contribution in [0.5, 0.6) is 0 Å². The Hall–Kier alpha value is -3.36. The highest BCUT2D eigenvalue weighted by atomic mass is 16.5. The SMILES string of the molecule is CCn1c(=O)c(C(=O)O)cn(-c2ccc(N(C)C(=O)OC)cc2)c1=O. The molecule has 25 heavy (non-hydrogen) atoms. The van der Waals surface area contributed by atoms with Crippen molar-refractivity contribution < 1.29 is 19.4 Å². The third-order valence-corrected chi connectivity index (χ3v) is 3.68. The molecule has 1 N–H and O–H groups in total. The zero-order valence-corrected chi connectivity index (χ0v) is 13.9. The van der Waals surface area contributed by atoms with E-state index in [0.717, 1.165) is 15.3 Å². The molecule has 0 bridgehead atoms. The second-order valence-electron chi connectivity index (χ2n) is 5.10. The minimum absolute atomic E-state index is 0.0436. The lowest BCUT2D eigenvalue weighted by Crippen LogP contribution is -2.41. The number of ether oxygens (including phenoxy) is 1. The Morgan fingerprint density at radius 2 is 1.80 bits per heavy atom. The van der Waals surface area contributed by atoms with Crippen LogP contribution in [-0.4, -0.2) is 40.5 Å². The first kappa shape index (κ1) is 18.0. The molecule has 0 radical (unpaired) electrons. The minimum atomic E-state index is -1.41. The number of carboxylic acid groups (broad SMARTS) is 1. The van der Waals surface area contributed by atoms with Crippen molar-refractivity contribution in [1.82, 2.24) is 9.13 Å². The molecule has 0 fully saturated rings. The molecule has 0 saturated carbocycles. The molecule has 0 saturated heterocycles. The van der Waals surface area contributed by atoms with E-state index >= 15 is 0 Å². The van der Waals surface area contributed by atoms with Crippen LogP contribution in [0.4, 0.5) is 10.5 Å². The van der Waals surface area contributed by atoms with Crippen molar-refractivity contribution in [2.24, 2.45) is 0 Å². The molecule has 1 aromatic carbocycles. The second kappa shape index (κ2) is 7.04. The maximum atomic E-state index is 12.4. The third-order valence-electron chi connectivity index (χ3n) is 3.68. The van der Waals surface area contributed by atoms with Crippen LogP contribution in [0.2, 0.25) is 0 Å². The van der Waals surface area contributed by atoms with Crippen molar-refractivity contribution in [3.63, 3.8) is 0 Å². The number of hydrogen-bond donors (Lipinski definition) is 1. The lowest BCUT2D eigenvalue weighted by atomic mass is 10.2. The second-order valence-corrected chi connectivity index (χ2v) is 5.10. The van der Waals surface area contributed by atoms with Gasteiger partial charge >= 0.3 is 17.8 Å². The van der Waals surface area contributed by atoms with Crippen LogP contribution in [0.1, 0.15) is 17.3 Å². The van der Waals surface area contributed by atoms with Gasteiger partial charge in [-0.2, -0.15) is 0 Å². The van der Waals surface area contributed by atoms with Crippen LogP contribution in [-0.2, 0) is 11.3 Å². The van der Waals surface area contributed by atoms with Gasteiger partial charge in [0.1, 0.15) is 5.56 Å². The molecule has 1 aromatic heterocycles. The smallest absolute Gasteiger partial charge is 0.413 e. The van der Waals surface area contributed by atoms with Crippen molar-refractivity contribution in [3.8, 4) is 5.69 Å². The van der Waals surface area contributed by atoms with Gasteiger partial charge in [-0.1, -0.05) is 0 Å². The van der Waals surface area contributed by atoms with E-state index in [1.165, 1.54) is 31.2 Å². The van der Waals surface area contributed by atoms with Crippen LogP contribution in [0, 0.1) is 0 Å². The number of benzene rings is 1. The fourth-order valence-electron chi connectivity index (χ4n) is 2.29. The number of aromatic carboxylic acids is 1. The molecule has 2 rings (SSSR count). The first-order valence-corrected chi connectivity index (χ1v) is 7.33. The van der Waals surface area contributed by atoms with Crippen LogP contribution in [0.15, 0.2) is 40.1 Å². The van der Waals surface area contributed by atoms with Gasteiger partial charge in [0.25, 0.3) is 5.56 Å². The highest BCUT2D eigenvalue weighted by Crippen LogP contribution is 2.16. The Bertz CT molecular complexity index is 926. The first-order chi connectivity index (χ1) is 11.8. The van der Waals surface area contributed by atoms with Crippen LogP contribution < -0.4 is 16.1 Å². The summed E-state index contributed by atoms with van der Waals surface area (Å²) >= 11 is 0. The molecular formula is C16H17N3O6.